The van der Waals surface area contributed by atoms with E-state index in [0.29, 0.717) is 23.2 Å². The molecule has 8 heteroatoms. The monoisotopic (exact) mass is 599 g/mol. The lowest BCUT2D eigenvalue weighted by molar-refractivity contribution is 0.0554. The fourth-order valence-electron chi connectivity index (χ4n) is 5.25. The summed E-state index contributed by atoms with van der Waals surface area (Å²) in [5.41, 5.74) is 11.0. The minimum absolute atomic E-state index is 0.0139. The Morgan fingerprint density at radius 2 is 1.39 bits per heavy atom. The molecule has 3 N–H and O–H groups in total. The molecule has 0 bridgehead atoms. The van der Waals surface area contributed by atoms with Gasteiger partial charge in [0, 0.05) is 49.9 Å². The van der Waals surface area contributed by atoms with Crippen LogP contribution in [0.15, 0.2) is 91.0 Å². The van der Waals surface area contributed by atoms with E-state index >= 15 is 0 Å². The molecule has 0 heterocycles. The van der Waals surface area contributed by atoms with Crippen LogP contribution >= 0.6 is 0 Å². The minimum Gasteiger partial charge on any atom is -0.390 e. The molecule has 0 aliphatic carbocycles. The van der Waals surface area contributed by atoms with Gasteiger partial charge in [-0.2, -0.15) is 0 Å². The van der Waals surface area contributed by atoms with E-state index in [0.717, 1.165) is 34.7 Å². The van der Waals surface area contributed by atoms with Gasteiger partial charge in [-0.15, -0.1) is 0 Å². The number of aliphatic hydroxyl groups is 1. The summed E-state index contributed by atoms with van der Waals surface area (Å²) in [6.45, 7) is 4.34. The number of aliphatic hydroxyl groups excluding tert-OH is 1. The predicted molar refractivity (Wildman–Crippen MR) is 168 cm³/mol. The topological polar surface area (TPSA) is 86.9 Å². The molecular formula is C36H39F2N3O3. The van der Waals surface area contributed by atoms with E-state index in [1.807, 2.05) is 68.4 Å². The second kappa shape index (κ2) is 14.9. The smallest absolute Gasteiger partial charge is 0.254 e. The van der Waals surface area contributed by atoms with Gasteiger partial charge in [0.25, 0.3) is 11.8 Å². The number of rotatable bonds is 12. The average Bonchev–Trinajstić information content (AvgIpc) is 2.99. The van der Waals surface area contributed by atoms with E-state index in [1.54, 1.807) is 30.1 Å². The number of carbonyl (C=O) groups excluding carboxylic acids is 2. The Balaban J connectivity index is 1.59. The van der Waals surface area contributed by atoms with Crippen molar-refractivity contribution >= 4 is 11.8 Å². The van der Waals surface area contributed by atoms with Gasteiger partial charge >= 0.3 is 0 Å². The van der Waals surface area contributed by atoms with Crippen molar-refractivity contribution in [2.75, 3.05) is 13.6 Å². The normalized spacial score (nSPS) is 12.4. The summed E-state index contributed by atoms with van der Waals surface area (Å²) in [5.74, 6) is -2.06. The number of carbonyl (C=O) groups is 2. The molecule has 2 atom stereocenters. The first kappa shape index (κ1) is 32.5. The van der Waals surface area contributed by atoms with Crippen molar-refractivity contribution < 1.29 is 23.5 Å². The minimum atomic E-state index is -1.19. The zero-order valence-corrected chi connectivity index (χ0v) is 25.3. The first-order valence-electron chi connectivity index (χ1n) is 14.7. The molecule has 4 aromatic rings. The van der Waals surface area contributed by atoms with Crippen LogP contribution in [0.1, 0.15) is 55.5 Å². The zero-order valence-electron chi connectivity index (χ0n) is 25.3. The summed E-state index contributed by atoms with van der Waals surface area (Å²) >= 11 is 0. The third-order valence-corrected chi connectivity index (χ3v) is 7.54. The molecule has 230 valence electrons. The molecule has 0 aliphatic rings. The van der Waals surface area contributed by atoms with Crippen LogP contribution in [-0.2, 0) is 25.9 Å². The van der Waals surface area contributed by atoms with Crippen molar-refractivity contribution in [3.63, 3.8) is 0 Å². The van der Waals surface area contributed by atoms with Gasteiger partial charge in [-0.1, -0.05) is 61.5 Å². The van der Waals surface area contributed by atoms with Crippen molar-refractivity contribution in [2.24, 2.45) is 5.73 Å². The summed E-state index contributed by atoms with van der Waals surface area (Å²) in [6, 6.07) is 24.8. The van der Waals surface area contributed by atoms with Gasteiger partial charge in [-0.05, 0) is 77.9 Å². The van der Waals surface area contributed by atoms with Gasteiger partial charge in [-0.3, -0.25) is 9.59 Å². The molecule has 0 saturated heterocycles. The number of hydrogen-bond donors (Lipinski definition) is 2. The molecule has 0 fully saturated rings. The van der Waals surface area contributed by atoms with Gasteiger partial charge in [0.05, 0.1) is 6.10 Å². The molecule has 2 amide bonds. The van der Waals surface area contributed by atoms with Crippen LogP contribution in [-0.4, -0.2) is 52.5 Å². The summed E-state index contributed by atoms with van der Waals surface area (Å²) < 4.78 is 27.5. The summed E-state index contributed by atoms with van der Waals surface area (Å²) in [6.07, 6.45) is -0.359. The van der Waals surface area contributed by atoms with Crippen LogP contribution in [0.25, 0.3) is 0 Å². The van der Waals surface area contributed by atoms with Gasteiger partial charge in [0.15, 0.2) is 0 Å². The molecule has 0 aliphatic heterocycles. The van der Waals surface area contributed by atoms with E-state index in [4.69, 9.17) is 5.73 Å². The first-order valence-corrected chi connectivity index (χ1v) is 14.7. The predicted octanol–water partition coefficient (Wildman–Crippen LogP) is 5.68. The zero-order chi connectivity index (χ0) is 31.8. The Morgan fingerprint density at radius 1 is 0.773 bits per heavy atom. The van der Waals surface area contributed by atoms with E-state index in [9.17, 15) is 23.5 Å². The Morgan fingerprint density at radius 3 is 2.05 bits per heavy atom. The van der Waals surface area contributed by atoms with Crippen molar-refractivity contribution in [3.8, 4) is 0 Å². The summed E-state index contributed by atoms with van der Waals surface area (Å²) in [4.78, 5) is 30.5. The first-order chi connectivity index (χ1) is 21.0. The molecule has 0 unspecified atom stereocenters. The highest BCUT2D eigenvalue weighted by molar-refractivity contribution is 6.00. The van der Waals surface area contributed by atoms with Crippen molar-refractivity contribution in [1.82, 2.24) is 9.80 Å². The van der Waals surface area contributed by atoms with E-state index < -0.39 is 23.8 Å². The number of halogens is 2. The van der Waals surface area contributed by atoms with Gasteiger partial charge in [-0.25, -0.2) is 8.78 Å². The number of amides is 2. The van der Waals surface area contributed by atoms with Crippen molar-refractivity contribution in [1.29, 1.82) is 0 Å². The third-order valence-electron chi connectivity index (χ3n) is 7.54. The molecule has 0 radical (unpaired) electrons. The number of nitrogens with two attached hydrogens (primary N) is 1. The quantitative estimate of drug-likeness (QED) is 0.219. The number of benzene rings is 4. The summed E-state index contributed by atoms with van der Waals surface area (Å²) in [7, 11) is 1.72. The molecular weight excluding hydrogens is 560 g/mol. The van der Waals surface area contributed by atoms with Crippen LogP contribution in [0.5, 0.6) is 0 Å². The Labute approximate surface area is 257 Å². The molecule has 44 heavy (non-hydrogen) atoms. The lowest BCUT2D eigenvalue weighted by Gasteiger charge is -2.29. The van der Waals surface area contributed by atoms with E-state index in [-0.39, 0.29) is 31.3 Å². The van der Waals surface area contributed by atoms with Gasteiger partial charge < -0.3 is 20.6 Å². The van der Waals surface area contributed by atoms with Crippen LogP contribution in [0.2, 0.25) is 0 Å². The van der Waals surface area contributed by atoms with Crippen LogP contribution in [0.4, 0.5) is 8.78 Å². The maximum Gasteiger partial charge on any atom is 0.254 e. The fraction of sp³-hybridized carbons (Fsp3) is 0.278. The second-order valence-corrected chi connectivity index (χ2v) is 11.3. The third kappa shape index (κ3) is 8.81. The van der Waals surface area contributed by atoms with Crippen molar-refractivity contribution in [2.45, 2.75) is 51.9 Å². The lowest BCUT2D eigenvalue weighted by atomic mass is 10.00. The number of hydrogen-bond acceptors (Lipinski definition) is 4. The van der Waals surface area contributed by atoms with Crippen LogP contribution in [0, 0.1) is 18.6 Å². The van der Waals surface area contributed by atoms with Gasteiger partial charge in [0.2, 0.25) is 0 Å². The maximum atomic E-state index is 14.0. The van der Waals surface area contributed by atoms with Crippen molar-refractivity contribution in [3.05, 3.63) is 142 Å². The Hall–Kier alpha value is -4.40. The van der Waals surface area contributed by atoms with Crippen LogP contribution in [0.3, 0.4) is 0 Å². The van der Waals surface area contributed by atoms with Crippen LogP contribution < -0.4 is 5.73 Å². The second-order valence-electron chi connectivity index (χ2n) is 11.3. The summed E-state index contributed by atoms with van der Waals surface area (Å²) in [5, 5.41) is 11.1. The Bertz CT molecular complexity index is 1570. The van der Waals surface area contributed by atoms with E-state index in [1.165, 1.54) is 17.0 Å². The fourth-order valence-corrected chi connectivity index (χ4v) is 5.25. The lowest BCUT2D eigenvalue weighted by Crippen LogP contribution is -2.46. The molecule has 4 rings (SSSR count). The average molecular weight is 600 g/mol. The molecule has 0 spiro atoms. The van der Waals surface area contributed by atoms with E-state index in [2.05, 4.69) is 0 Å². The standard InChI is InChI=1S/C36H39F2N3O3/c1-4-25-11-8-12-27(15-25)22-41(23-34(42)33(39)18-28-16-31(37)20-32(38)17-28)36(44)30-14-24(2)13-29(19-30)35(43)40(3)21-26-9-6-5-7-10-26/h5-17,19-20,33-34,42H,4,18,21-23,39H2,1-3H3/t33-,34+/m0/s1. The Kier molecular flexibility index (Phi) is 11.0. The largest absolute Gasteiger partial charge is 0.390 e. The highest BCUT2D eigenvalue weighted by Crippen LogP contribution is 2.19. The number of aryl methyl sites for hydroxylation is 2. The highest BCUT2D eigenvalue weighted by Gasteiger charge is 2.25. The molecule has 4 aromatic carbocycles. The molecule has 0 aromatic heterocycles. The number of nitrogens with zero attached hydrogens (tertiary/aromatic N) is 2. The molecule has 0 saturated carbocycles. The maximum absolute atomic E-state index is 14.0. The van der Waals surface area contributed by atoms with Gasteiger partial charge in [0.1, 0.15) is 11.6 Å². The highest BCUT2D eigenvalue weighted by atomic mass is 19.1. The SMILES string of the molecule is CCc1cccc(CN(C[C@@H](O)[C@@H](N)Cc2cc(F)cc(F)c2)C(=O)c2cc(C)cc(C(=O)N(C)Cc3ccccc3)c2)c1. The molecule has 6 nitrogen and oxygen atoms in total.